The standard InChI is InChI=1S/C13H13N5OS/c14-13-16-9(8-20-13)4-3-6-11-17-12(18-19-11)10-5-1-2-7-15-10/h1-2,5,7-8H,3-4,6H2,(H2,14,16). The molecule has 0 unspecified atom stereocenters. The Morgan fingerprint density at radius 3 is 2.90 bits per heavy atom. The average Bonchev–Trinajstić information content (AvgIpc) is 3.09. The van der Waals surface area contributed by atoms with Crippen molar-refractivity contribution < 1.29 is 4.52 Å². The Morgan fingerprint density at radius 1 is 1.20 bits per heavy atom. The lowest BCUT2D eigenvalue weighted by Gasteiger charge is -1.93. The Kier molecular flexibility index (Phi) is 3.69. The molecule has 20 heavy (non-hydrogen) atoms. The number of thiazole rings is 1. The van der Waals surface area contributed by atoms with Gasteiger partial charge in [0.15, 0.2) is 5.13 Å². The number of nitrogens with two attached hydrogens (primary N) is 1. The number of aryl methyl sites for hydroxylation is 2. The second-order valence-electron chi connectivity index (χ2n) is 4.26. The highest BCUT2D eigenvalue weighted by molar-refractivity contribution is 7.13. The number of rotatable bonds is 5. The Labute approximate surface area is 119 Å². The molecule has 3 rings (SSSR count). The van der Waals surface area contributed by atoms with E-state index in [4.69, 9.17) is 10.3 Å². The van der Waals surface area contributed by atoms with Gasteiger partial charge in [-0.1, -0.05) is 11.2 Å². The molecule has 2 N–H and O–H groups in total. The lowest BCUT2D eigenvalue weighted by atomic mass is 10.2. The largest absolute Gasteiger partial charge is 0.375 e. The number of hydrogen-bond acceptors (Lipinski definition) is 7. The molecule has 0 atom stereocenters. The molecule has 0 saturated carbocycles. The monoisotopic (exact) mass is 287 g/mol. The molecule has 0 bridgehead atoms. The van der Waals surface area contributed by atoms with Crippen LogP contribution in [0.3, 0.4) is 0 Å². The average molecular weight is 287 g/mol. The van der Waals surface area contributed by atoms with Crippen LogP contribution in [0.5, 0.6) is 0 Å². The zero-order valence-corrected chi connectivity index (χ0v) is 11.5. The number of pyridine rings is 1. The van der Waals surface area contributed by atoms with E-state index in [2.05, 4.69) is 20.1 Å². The highest BCUT2D eigenvalue weighted by Gasteiger charge is 2.09. The summed E-state index contributed by atoms with van der Waals surface area (Å²) >= 11 is 1.46. The fourth-order valence-corrected chi connectivity index (χ4v) is 2.41. The van der Waals surface area contributed by atoms with E-state index < -0.39 is 0 Å². The summed E-state index contributed by atoms with van der Waals surface area (Å²) in [4.78, 5) is 12.7. The van der Waals surface area contributed by atoms with Crippen molar-refractivity contribution >= 4 is 16.5 Å². The Morgan fingerprint density at radius 2 is 2.15 bits per heavy atom. The van der Waals surface area contributed by atoms with Crippen molar-refractivity contribution in [3.8, 4) is 11.5 Å². The van der Waals surface area contributed by atoms with Crippen LogP contribution in [0.2, 0.25) is 0 Å². The summed E-state index contributed by atoms with van der Waals surface area (Å²) in [5, 5.41) is 6.52. The Hall–Kier alpha value is -2.28. The smallest absolute Gasteiger partial charge is 0.227 e. The van der Waals surface area contributed by atoms with Crippen LogP contribution in [0.1, 0.15) is 18.0 Å². The fourth-order valence-electron chi connectivity index (χ4n) is 1.81. The molecular weight excluding hydrogens is 274 g/mol. The summed E-state index contributed by atoms with van der Waals surface area (Å²) in [5.74, 6) is 1.15. The lowest BCUT2D eigenvalue weighted by molar-refractivity contribution is 0.376. The molecule has 3 aromatic heterocycles. The number of aromatic nitrogens is 4. The van der Waals surface area contributed by atoms with E-state index in [0.29, 0.717) is 16.8 Å². The Balaban J connectivity index is 1.58. The maximum absolute atomic E-state index is 5.59. The number of nitrogens with zero attached hydrogens (tertiary/aromatic N) is 4. The third-order valence-electron chi connectivity index (χ3n) is 2.76. The molecule has 0 saturated heterocycles. The van der Waals surface area contributed by atoms with Gasteiger partial charge in [-0.05, 0) is 25.0 Å². The van der Waals surface area contributed by atoms with Gasteiger partial charge in [0.1, 0.15) is 5.69 Å². The van der Waals surface area contributed by atoms with Crippen LogP contribution in [0.25, 0.3) is 11.5 Å². The molecule has 102 valence electrons. The minimum absolute atomic E-state index is 0.526. The van der Waals surface area contributed by atoms with Crippen LogP contribution < -0.4 is 5.73 Å². The van der Waals surface area contributed by atoms with Crippen LogP contribution in [0, 0.1) is 0 Å². The molecule has 3 aromatic rings. The minimum atomic E-state index is 0.526. The molecule has 0 aliphatic rings. The normalized spacial score (nSPS) is 10.8. The van der Waals surface area contributed by atoms with Gasteiger partial charge < -0.3 is 10.3 Å². The summed E-state index contributed by atoms with van der Waals surface area (Å²) in [6, 6.07) is 5.60. The first-order valence-corrected chi connectivity index (χ1v) is 7.13. The first-order chi connectivity index (χ1) is 9.81. The number of nitrogen functional groups attached to an aromatic ring is 1. The van der Waals surface area contributed by atoms with Gasteiger partial charge in [0.05, 0.1) is 5.69 Å². The third-order valence-corrected chi connectivity index (χ3v) is 3.48. The van der Waals surface area contributed by atoms with Crippen LogP contribution in [0.15, 0.2) is 34.3 Å². The van der Waals surface area contributed by atoms with E-state index in [1.54, 1.807) is 6.20 Å². The van der Waals surface area contributed by atoms with Gasteiger partial charge in [-0.25, -0.2) is 4.98 Å². The van der Waals surface area contributed by atoms with Crippen LogP contribution >= 0.6 is 11.3 Å². The second kappa shape index (κ2) is 5.79. The topological polar surface area (TPSA) is 90.7 Å². The highest BCUT2D eigenvalue weighted by atomic mass is 32.1. The lowest BCUT2D eigenvalue weighted by Crippen LogP contribution is -1.92. The van der Waals surface area contributed by atoms with Crippen molar-refractivity contribution in [2.75, 3.05) is 5.73 Å². The van der Waals surface area contributed by atoms with Gasteiger partial charge in [-0.15, -0.1) is 11.3 Å². The summed E-state index contributed by atoms with van der Waals surface area (Å²) in [5.41, 5.74) is 7.32. The number of hydrogen-bond donors (Lipinski definition) is 1. The zero-order chi connectivity index (χ0) is 13.8. The maximum Gasteiger partial charge on any atom is 0.227 e. The van der Waals surface area contributed by atoms with Gasteiger partial charge in [0.25, 0.3) is 0 Å². The molecule has 0 radical (unpaired) electrons. The van der Waals surface area contributed by atoms with Crippen molar-refractivity contribution in [3.05, 3.63) is 41.4 Å². The summed E-state index contributed by atoms with van der Waals surface area (Å²) < 4.78 is 5.22. The van der Waals surface area contributed by atoms with Crippen LogP contribution in [-0.4, -0.2) is 20.1 Å². The van der Waals surface area contributed by atoms with Gasteiger partial charge in [-0.3, -0.25) is 4.98 Å². The predicted molar refractivity (Wildman–Crippen MR) is 76.1 cm³/mol. The molecule has 7 heteroatoms. The van der Waals surface area contributed by atoms with Gasteiger partial charge in [0.2, 0.25) is 11.7 Å². The third kappa shape index (κ3) is 3.00. The zero-order valence-electron chi connectivity index (χ0n) is 10.7. The summed E-state index contributed by atoms with van der Waals surface area (Å²) in [6.45, 7) is 0. The number of anilines is 1. The minimum Gasteiger partial charge on any atom is -0.375 e. The van der Waals surface area contributed by atoms with E-state index in [-0.39, 0.29) is 0 Å². The van der Waals surface area contributed by atoms with Gasteiger partial charge in [-0.2, -0.15) is 4.98 Å². The molecule has 0 aliphatic heterocycles. The molecule has 0 aromatic carbocycles. The van der Waals surface area contributed by atoms with E-state index >= 15 is 0 Å². The first kappa shape index (κ1) is 12.7. The maximum atomic E-state index is 5.59. The molecular formula is C13H13N5OS. The van der Waals surface area contributed by atoms with Crippen LogP contribution in [-0.2, 0) is 12.8 Å². The molecule has 3 heterocycles. The predicted octanol–water partition coefficient (Wildman–Crippen LogP) is 2.35. The molecule has 6 nitrogen and oxygen atoms in total. The van der Waals surface area contributed by atoms with Gasteiger partial charge in [0, 0.05) is 18.0 Å². The molecule has 0 spiro atoms. The molecule has 0 amide bonds. The van der Waals surface area contributed by atoms with Crippen molar-refractivity contribution in [2.45, 2.75) is 19.3 Å². The first-order valence-electron chi connectivity index (χ1n) is 6.25. The summed E-state index contributed by atoms with van der Waals surface area (Å²) in [7, 11) is 0. The van der Waals surface area contributed by atoms with Gasteiger partial charge >= 0.3 is 0 Å². The van der Waals surface area contributed by atoms with Crippen LogP contribution in [0.4, 0.5) is 5.13 Å². The van der Waals surface area contributed by atoms with E-state index in [9.17, 15) is 0 Å². The van der Waals surface area contributed by atoms with Crippen molar-refractivity contribution in [2.24, 2.45) is 0 Å². The van der Waals surface area contributed by atoms with E-state index in [1.807, 2.05) is 23.6 Å². The summed E-state index contributed by atoms with van der Waals surface area (Å²) in [6.07, 6.45) is 4.18. The van der Waals surface area contributed by atoms with Crippen molar-refractivity contribution in [3.63, 3.8) is 0 Å². The van der Waals surface area contributed by atoms with E-state index in [0.717, 1.165) is 30.7 Å². The SMILES string of the molecule is Nc1nc(CCCc2nc(-c3ccccn3)no2)cs1. The van der Waals surface area contributed by atoms with Crippen molar-refractivity contribution in [1.82, 2.24) is 20.1 Å². The molecule has 0 fully saturated rings. The Bertz CT molecular complexity index is 679. The van der Waals surface area contributed by atoms with E-state index in [1.165, 1.54) is 11.3 Å². The quantitative estimate of drug-likeness (QED) is 0.774. The second-order valence-corrected chi connectivity index (χ2v) is 5.15. The highest BCUT2D eigenvalue weighted by Crippen LogP contribution is 2.15. The van der Waals surface area contributed by atoms with Crippen molar-refractivity contribution in [1.29, 1.82) is 0 Å². The fraction of sp³-hybridized carbons (Fsp3) is 0.231. The molecule has 0 aliphatic carbocycles.